The zero-order valence-corrected chi connectivity index (χ0v) is 10.2. The molecule has 2 rings (SSSR count). The molecule has 6 heteroatoms. The summed E-state index contributed by atoms with van der Waals surface area (Å²) in [7, 11) is -3.67. The van der Waals surface area contributed by atoms with Crippen molar-refractivity contribution < 1.29 is 8.42 Å². The summed E-state index contributed by atoms with van der Waals surface area (Å²) >= 11 is 0. The maximum atomic E-state index is 12.0. The molecule has 0 unspecified atom stereocenters. The van der Waals surface area contributed by atoms with Crippen LogP contribution < -0.4 is 4.72 Å². The molecule has 0 saturated heterocycles. The van der Waals surface area contributed by atoms with Gasteiger partial charge >= 0.3 is 0 Å². The molecule has 0 fully saturated rings. The number of sulfonamides is 1. The lowest BCUT2D eigenvalue weighted by molar-refractivity contribution is 0.580. The molecule has 0 radical (unpaired) electrons. The standard InChI is InChI=1S/C12H11N3O2S/c13-8-10-4-1-2-6-12(10)18(16,17)15-9-11-5-3-7-14-11/h1-7,14-15H,9H2. The third-order valence-electron chi connectivity index (χ3n) is 2.41. The second-order valence-electron chi connectivity index (χ2n) is 3.63. The number of aromatic nitrogens is 1. The van der Waals surface area contributed by atoms with Crippen LogP contribution in [0.4, 0.5) is 0 Å². The summed E-state index contributed by atoms with van der Waals surface area (Å²) in [5.41, 5.74) is 0.893. The lowest BCUT2D eigenvalue weighted by atomic mass is 10.2. The molecule has 0 saturated carbocycles. The van der Waals surface area contributed by atoms with E-state index < -0.39 is 10.0 Å². The minimum atomic E-state index is -3.67. The van der Waals surface area contributed by atoms with Crippen LogP contribution in [0.15, 0.2) is 47.5 Å². The van der Waals surface area contributed by atoms with Crippen LogP contribution in [-0.4, -0.2) is 13.4 Å². The van der Waals surface area contributed by atoms with Crippen LogP contribution in [0.1, 0.15) is 11.3 Å². The van der Waals surface area contributed by atoms with Crippen molar-refractivity contribution in [2.45, 2.75) is 11.4 Å². The van der Waals surface area contributed by atoms with Gasteiger partial charge in [0.15, 0.2) is 0 Å². The Hall–Kier alpha value is -2.10. The molecule has 2 aromatic rings. The molecule has 0 amide bonds. The lowest BCUT2D eigenvalue weighted by Gasteiger charge is -2.07. The number of aromatic amines is 1. The van der Waals surface area contributed by atoms with E-state index in [1.807, 2.05) is 6.07 Å². The Labute approximate surface area is 105 Å². The molecule has 1 aromatic carbocycles. The predicted molar refractivity (Wildman–Crippen MR) is 66.0 cm³/mol. The number of nitrogens with one attached hydrogen (secondary N) is 2. The first-order valence-electron chi connectivity index (χ1n) is 5.24. The van der Waals surface area contributed by atoms with Gasteiger partial charge in [0.25, 0.3) is 0 Å². The minimum absolute atomic E-state index is 0.000874. The summed E-state index contributed by atoms with van der Waals surface area (Å²) in [6.07, 6.45) is 1.72. The fourth-order valence-electron chi connectivity index (χ4n) is 1.52. The van der Waals surface area contributed by atoms with Crippen LogP contribution in [0.2, 0.25) is 0 Å². The summed E-state index contributed by atoms with van der Waals surface area (Å²) in [6, 6.07) is 11.5. The SMILES string of the molecule is N#Cc1ccccc1S(=O)(=O)NCc1ccc[nH]1. The van der Waals surface area contributed by atoms with Gasteiger partial charge in [0.05, 0.1) is 17.0 Å². The van der Waals surface area contributed by atoms with E-state index in [0.29, 0.717) is 0 Å². The van der Waals surface area contributed by atoms with Crippen molar-refractivity contribution in [2.24, 2.45) is 0 Å². The summed E-state index contributed by atoms with van der Waals surface area (Å²) < 4.78 is 26.5. The number of hydrogen-bond acceptors (Lipinski definition) is 3. The molecule has 0 spiro atoms. The average molecular weight is 261 g/mol. The van der Waals surface area contributed by atoms with Gasteiger partial charge in [0, 0.05) is 11.9 Å². The predicted octanol–water partition coefficient (Wildman–Crippen LogP) is 1.36. The number of H-pyrrole nitrogens is 1. The fourth-order valence-corrected chi connectivity index (χ4v) is 2.68. The van der Waals surface area contributed by atoms with Crippen molar-refractivity contribution in [1.29, 1.82) is 5.26 Å². The van der Waals surface area contributed by atoms with Gasteiger partial charge in [-0.3, -0.25) is 0 Å². The van der Waals surface area contributed by atoms with Crippen LogP contribution in [-0.2, 0) is 16.6 Å². The number of nitrogens with zero attached hydrogens (tertiary/aromatic N) is 1. The Morgan fingerprint density at radius 3 is 2.67 bits per heavy atom. The van der Waals surface area contributed by atoms with E-state index in [4.69, 9.17) is 5.26 Å². The van der Waals surface area contributed by atoms with Crippen LogP contribution in [0.25, 0.3) is 0 Å². The van der Waals surface area contributed by atoms with Crippen molar-refractivity contribution in [3.63, 3.8) is 0 Å². The Morgan fingerprint density at radius 2 is 2.00 bits per heavy atom. The topological polar surface area (TPSA) is 85.8 Å². The second kappa shape index (κ2) is 5.04. The molecule has 92 valence electrons. The smallest absolute Gasteiger partial charge is 0.242 e. The first-order valence-corrected chi connectivity index (χ1v) is 6.73. The largest absolute Gasteiger partial charge is 0.364 e. The van der Waals surface area contributed by atoms with Gasteiger partial charge in [0.1, 0.15) is 6.07 Å². The van der Waals surface area contributed by atoms with Crippen molar-refractivity contribution >= 4 is 10.0 Å². The van der Waals surface area contributed by atoms with Crippen molar-refractivity contribution in [3.05, 3.63) is 53.9 Å². The molecule has 1 heterocycles. The lowest BCUT2D eigenvalue weighted by Crippen LogP contribution is -2.24. The molecule has 18 heavy (non-hydrogen) atoms. The Balaban J connectivity index is 2.23. The minimum Gasteiger partial charge on any atom is -0.364 e. The zero-order valence-electron chi connectivity index (χ0n) is 9.42. The summed E-state index contributed by atoms with van der Waals surface area (Å²) in [5.74, 6) is 0. The first-order chi connectivity index (χ1) is 8.63. The summed E-state index contributed by atoms with van der Waals surface area (Å²) in [6.45, 7) is 0.162. The van der Waals surface area contributed by atoms with Crippen LogP contribution >= 0.6 is 0 Å². The molecule has 5 nitrogen and oxygen atoms in total. The highest BCUT2D eigenvalue weighted by atomic mass is 32.2. The van der Waals surface area contributed by atoms with Crippen molar-refractivity contribution in [1.82, 2.24) is 9.71 Å². The molecule has 0 bridgehead atoms. The normalized spacial score (nSPS) is 11.1. The Bertz CT molecular complexity index is 670. The molecular formula is C12H11N3O2S. The molecule has 2 N–H and O–H groups in total. The van der Waals surface area contributed by atoms with Gasteiger partial charge in [-0.05, 0) is 24.3 Å². The second-order valence-corrected chi connectivity index (χ2v) is 5.36. The quantitative estimate of drug-likeness (QED) is 0.871. The van der Waals surface area contributed by atoms with Gasteiger partial charge in [-0.25, -0.2) is 13.1 Å². The molecule has 0 aliphatic rings. The van der Waals surface area contributed by atoms with Gasteiger partial charge in [0.2, 0.25) is 10.0 Å². The van der Waals surface area contributed by atoms with Gasteiger partial charge in [-0.2, -0.15) is 5.26 Å². The average Bonchev–Trinajstić information content (AvgIpc) is 2.89. The van der Waals surface area contributed by atoms with Crippen LogP contribution in [0.5, 0.6) is 0 Å². The highest BCUT2D eigenvalue weighted by Crippen LogP contribution is 2.14. The van der Waals surface area contributed by atoms with E-state index in [2.05, 4.69) is 9.71 Å². The monoisotopic (exact) mass is 261 g/mol. The molecule has 1 aromatic heterocycles. The van der Waals surface area contributed by atoms with Crippen molar-refractivity contribution in [2.75, 3.05) is 0 Å². The number of nitriles is 1. The van der Waals surface area contributed by atoms with E-state index in [9.17, 15) is 8.42 Å². The third kappa shape index (κ3) is 2.59. The Kier molecular flexibility index (Phi) is 3.46. The number of hydrogen-bond donors (Lipinski definition) is 2. The van der Waals surface area contributed by atoms with E-state index in [0.717, 1.165) is 5.69 Å². The van der Waals surface area contributed by atoms with E-state index in [1.165, 1.54) is 12.1 Å². The van der Waals surface area contributed by atoms with E-state index in [-0.39, 0.29) is 17.0 Å². The van der Waals surface area contributed by atoms with Gasteiger partial charge < -0.3 is 4.98 Å². The number of rotatable bonds is 4. The number of benzene rings is 1. The Morgan fingerprint density at radius 1 is 1.22 bits per heavy atom. The zero-order chi connectivity index (χ0) is 13.0. The maximum Gasteiger partial charge on any atom is 0.242 e. The maximum absolute atomic E-state index is 12.0. The highest BCUT2D eigenvalue weighted by Gasteiger charge is 2.17. The molecule has 0 aliphatic carbocycles. The first kappa shape index (κ1) is 12.4. The highest BCUT2D eigenvalue weighted by molar-refractivity contribution is 7.89. The van der Waals surface area contributed by atoms with E-state index in [1.54, 1.807) is 30.5 Å². The van der Waals surface area contributed by atoms with Gasteiger partial charge in [-0.15, -0.1) is 0 Å². The molecule has 0 aliphatic heterocycles. The van der Waals surface area contributed by atoms with E-state index >= 15 is 0 Å². The van der Waals surface area contributed by atoms with Crippen LogP contribution in [0.3, 0.4) is 0 Å². The van der Waals surface area contributed by atoms with Gasteiger partial charge in [-0.1, -0.05) is 12.1 Å². The fraction of sp³-hybridized carbons (Fsp3) is 0.0833. The van der Waals surface area contributed by atoms with Crippen molar-refractivity contribution in [3.8, 4) is 6.07 Å². The molecular weight excluding hydrogens is 250 g/mol. The summed E-state index contributed by atoms with van der Waals surface area (Å²) in [5, 5.41) is 8.89. The molecule has 0 atom stereocenters. The van der Waals surface area contributed by atoms with Crippen LogP contribution in [0, 0.1) is 11.3 Å². The third-order valence-corrected chi connectivity index (χ3v) is 3.87. The summed E-state index contributed by atoms with van der Waals surface area (Å²) in [4.78, 5) is 2.90.